The van der Waals surface area contributed by atoms with Crippen molar-refractivity contribution in [2.75, 3.05) is 12.0 Å². The van der Waals surface area contributed by atoms with Gasteiger partial charge < -0.3 is 15.2 Å². The average Bonchev–Trinajstić information content (AvgIpc) is 3.09. The molecule has 0 bridgehead atoms. The number of alkyl halides is 3. The van der Waals surface area contributed by atoms with Gasteiger partial charge in [-0.15, -0.1) is 5.10 Å². The number of nitrogens with one attached hydrogen (secondary N) is 1. The van der Waals surface area contributed by atoms with Crippen molar-refractivity contribution in [3.8, 4) is 11.4 Å². The lowest BCUT2D eigenvalue weighted by Crippen LogP contribution is -2.30. The first-order valence-electron chi connectivity index (χ1n) is 10.3. The minimum absolute atomic E-state index is 0.167. The molecule has 3 rings (SSSR count). The van der Waals surface area contributed by atoms with E-state index in [0.29, 0.717) is 4.68 Å². The summed E-state index contributed by atoms with van der Waals surface area (Å²) in [4.78, 5) is 25.5. The fourth-order valence-electron chi connectivity index (χ4n) is 3.23. The van der Waals surface area contributed by atoms with Crippen LogP contribution in [0.4, 0.5) is 27.6 Å². The zero-order valence-electron chi connectivity index (χ0n) is 19.0. The molecule has 2 aromatic carbocycles. The Balaban J connectivity index is 2.18. The topological polar surface area (TPSA) is 98.4 Å². The number of nitrogens with zero attached hydrogens (tertiary/aromatic N) is 3. The van der Waals surface area contributed by atoms with E-state index in [1.165, 1.54) is 33.0 Å². The minimum atomic E-state index is -3.41. The smallest absolute Gasteiger partial charge is 0.350 e. The van der Waals surface area contributed by atoms with Gasteiger partial charge in [-0.25, -0.2) is 26.7 Å². The van der Waals surface area contributed by atoms with Gasteiger partial charge in [-0.05, 0) is 38.1 Å². The highest BCUT2D eigenvalue weighted by atomic mass is 35.5. The second kappa shape index (κ2) is 10.3. The summed E-state index contributed by atoms with van der Waals surface area (Å²) in [6.07, 6.45) is -5.87. The summed E-state index contributed by atoms with van der Waals surface area (Å²) in [5.74, 6) is -4.98. The van der Waals surface area contributed by atoms with Gasteiger partial charge in [0, 0.05) is 7.05 Å². The average molecular weight is 535 g/mol. The molecule has 0 saturated carbocycles. The van der Waals surface area contributed by atoms with Crippen LogP contribution >= 0.6 is 11.6 Å². The van der Waals surface area contributed by atoms with Crippen LogP contribution in [0.15, 0.2) is 35.1 Å². The molecule has 0 radical (unpaired) electrons. The van der Waals surface area contributed by atoms with Gasteiger partial charge in [0.05, 0.1) is 16.3 Å². The van der Waals surface area contributed by atoms with Crippen LogP contribution < -0.4 is 15.7 Å². The van der Waals surface area contributed by atoms with Crippen LogP contribution in [0.2, 0.25) is 5.02 Å². The molecule has 14 heteroatoms. The third-order valence-corrected chi connectivity index (χ3v) is 5.30. The van der Waals surface area contributed by atoms with Gasteiger partial charge >= 0.3 is 5.69 Å². The lowest BCUT2D eigenvalue weighted by molar-refractivity contribution is -0.00340. The molecule has 0 aliphatic carbocycles. The molecule has 0 aliphatic rings. The Kier molecular flexibility index (Phi) is 7.74. The number of hydrogen-bond donors (Lipinski definition) is 2. The zero-order chi connectivity index (χ0) is 26.9. The molecule has 0 spiro atoms. The van der Waals surface area contributed by atoms with Gasteiger partial charge in [0.1, 0.15) is 23.8 Å². The maximum Gasteiger partial charge on any atom is 0.350 e. The molecule has 8 nitrogen and oxygen atoms in total. The molecule has 0 aliphatic heterocycles. The number of amides is 1. The highest BCUT2D eigenvalue weighted by molar-refractivity contribution is 6.34. The molecule has 0 saturated heterocycles. The predicted molar refractivity (Wildman–Crippen MR) is 120 cm³/mol. The second-order valence-corrected chi connectivity index (χ2v) is 8.51. The third-order valence-electron chi connectivity index (χ3n) is 4.98. The fraction of sp³-hybridized carbons (Fsp3) is 0.318. The number of carbonyl (C=O) groups excluding carboxylic acids is 1. The number of benzene rings is 2. The lowest BCUT2D eigenvalue weighted by atomic mass is 10.1. The van der Waals surface area contributed by atoms with Gasteiger partial charge in [-0.3, -0.25) is 9.36 Å². The van der Waals surface area contributed by atoms with Crippen molar-refractivity contribution in [1.82, 2.24) is 14.3 Å². The van der Waals surface area contributed by atoms with Crippen LogP contribution in [-0.2, 0) is 12.6 Å². The molecule has 0 unspecified atom stereocenters. The summed E-state index contributed by atoms with van der Waals surface area (Å²) in [7, 11) is 1.25. The van der Waals surface area contributed by atoms with Crippen LogP contribution in [-0.4, -0.2) is 44.6 Å². The van der Waals surface area contributed by atoms with Gasteiger partial charge in [0.25, 0.3) is 12.3 Å². The number of ether oxygens (including phenoxy) is 1. The van der Waals surface area contributed by atoms with E-state index >= 15 is 4.39 Å². The number of aromatic nitrogens is 3. The van der Waals surface area contributed by atoms with E-state index in [4.69, 9.17) is 16.3 Å². The van der Waals surface area contributed by atoms with Crippen molar-refractivity contribution in [3.05, 3.63) is 68.9 Å². The largest absolute Gasteiger partial charge is 0.478 e. The highest BCUT2D eigenvalue weighted by Gasteiger charge is 2.31. The number of para-hydroxylation sites is 1. The summed E-state index contributed by atoms with van der Waals surface area (Å²) in [5.41, 5.74) is -4.40. The van der Waals surface area contributed by atoms with Crippen molar-refractivity contribution in [1.29, 1.82) is 0 Å². The van der Waals surface area contributed by atoms with Crippen molar-refractivity contribution in [2.45, 2.75) is 32.0 Å². The molecule has 1 atom stereocenters. The van der Waals surface area contributed by atoms with Crippen LogP contribution in [0.3, 0.4) is 0 Å². The number of halogens is 6. The number of rotatable bonds is 8. The first kappa shape index (κ1) is 27.1. The first-order valence-corrected chi connectivity index (χ1v) is 10.6. The van der Waals surface area contributed by atoms with Crippen LogP contribution in [0.25, 0.3) is 5.69 Å². The number of carbonyl (C=O) groups is 1. The summed E-state index contributed by atoms with van der Waals surface area (Å²) in [6, 6.07) is 5.30. The van der Waals surface area contributed by atoms with Gasteiger partial charge in [-0.2, -0.15) is 4.68 Å². The molecule has 3 aromatic rings. The summed E-state index contributed by atoms with van der Waals surface area (Å²) in [6.45, 7) is 0.896. The van der Waals surface area contributed by atoms with Gasteiger partial charge in [0.2, 0.25) is 0 Å². The standard InChI is InChI=1S/C22H20ClF5N4O4/c1-22(2,35)20-30-32(21(34)31(20)3)13-8-7-10(17(15(13)26)36-14(9-24)18(27)28)19(33)29-16-11(23)5-4-6-12(16)25/h4-8,14,18,35H,9H2,1-3H3,(H,29,33)/t14-/m0/s1. The maximum absolute atomic E-state index is 15.6. The Morgan fingerprint density at radius 2 is 1.92 bits per heavy atom. The Hall–Kier alpha value is -3.45. The monoisotopic (exact) mass is 534 g/mol. The van der Waals surface area contributed by atoms with Crippen LogP contribution in [0.5, 0.6) is 5.75 Å². The zero-order valence-corrected chi connectivity index (χ0v) is 19.8. The van der Waals surface area contributed by atoms with Crippen molar-refractivity contribution in [2.24, 2.45) is 7.05 Å². The quantitative estimate of drug-likeness (QED) is 0.426. The van der Waals surface area contributed by atoms with Crippen molar-refractivity contribution < 1.29 is 36.6 Å². The van der Waals surface area contributed by atoms with Crippen LogP contribution in [0.1, 0.15) is 30.0 Å². The number of hydrogen-bond acceptors (Lipinski definition) is 5. The maximum atomic E-state index is 15.6. The minimum Gasteiger partial charge on any atom is -0.478 e. The molecular weight excluding hydrogens is 515 g/mol. The molecule has 36 heavy (non-hydrogen) atoms. The van der Waals surface area contributed by atoms with E-state index < -0.39 is 70.7 Å². The van der Waals surface area contributed by atoms with E-state index in [2.05, 4.69) is 10.4 Å². The van der Waals surface area contributed by atoms with E-state index in [1.54, 1.807) is 0 Å². The Morgan fingerprint density at radius 1 is 1.25 bits per heavy atom. The molecular formula is C22H20ClF5N4O4. The molecule has 194 valence electrons. The van der Waals surface area contributed by atoms with Crippen molar-refractivity contribution >= 4 is 23.2 Å². The van der Waals surface area contributed by atoms with Crippen molar-refractivity contribution in [3.63, 3.8) is 0 Å². The summed E-state index contributed by atoms with van der Waals surface area (Å²) in [5, 5.41) is 16.0. The van der Waals surface area contributed by atoms with Crippen LogP contribution in [0, 0.1) is 11.6 Å². The van der Waals surface area contributed by atoms with E-state index in [-0.39, 0.29) is 10.8 Å². The van der Waals surface area contributed by atoms with E-state index in [1.807, 2.05) is 0 Å². The van der Waals surface area contributed by atoms with E-state index in [9.17, 15) is 32.3 Å². The molecule has 1 aromatic heterocycles. The summed E-state index contributed by atoms with van der Waals surface area (Å²) < 4.78 is 75.6. The molecule has 1 amide bonds. The van der Waals surface area contributed by atoms with Gasteiger partial charge in [-0.1, -0.05) is 17.7 Å². The molecule has 2 N–H and O–H groups in total. The van der Waals surface area contributed by atoms with Gasteiger partial charge in [0.15, 0.2) is 23.5 Å². The Labute approximate surface area is 205 Å². The lowest BCUT2D eigenvalue weighted by Gasteiger charge is -2.19. The summed E-state index contributed by atoms with van der Waals surface area (Å²) >= 11 is 5.88. The normalized spacial score (nSPS) is 12.6. The molecule has 1 heterocycles. The Morgan fingerprint density at radius 3 is 2.44 bits per heavy atom. The third kappa shape index (κ3) is 5.21. The SMILES string of the molecule is Cn1c(C(C)(C)O)nn(-c2ccc(C(=O)Nc3c(F)cccc3Cl)c(O[C@@H](CF)C(F)F)c2F)c1=O. The first-order chi connectivity index (χ1) is 16.8. The highest BCUT2D eigenvalue weighted by Crippen LogP contribution is 2.32. The Bertz CT molecular complexity index is 1330. The fourth-order valence-corrected chi connectivity index (χ4v) is 3.44. The number of anilines is 1. The predicted octanol–water partition coefficient (Wildman–Crippen LogP) is 3.96. The molecule has 0 fully saturated rings. The van der Waals surface area contributed by atoms with E-state index in [0.717, 1.165) is 22.8 Å². The number of aliphatic hydroxyl groups is 1. The second-order valence-electron chi connectivity index (χ2n) is 8.11.